The van der Waals surface area contributed by atoms with Crippen LogP contribution in [0.15, 0.2) is 79.0 Å². The monoisotopic (exact) mass is 683 g/mol. The van der Waals surface area contributed by atoms with E-state index in [-0.39, 0.29) is 18.7 Å². The third-order valence-corrected chi connectivity index (χ3v) is 9.50. The van der Waals surface area contributed by atoms with Crippen molar-refractivity contribution in [2.24, 2.45) is 0 Å². The van der Waals surface area contributed by atoms with Gasteiger partial charge in [0.15, 0.2) is 11.6 Å². The van der Waals surface area contributed by atoms with Crippen LogP contribution in [0.4, 0.5) is 4.39 Å². The predicted molar refractivity (Wildman–Crippen MR) is 187 cm³/mol. The Balaban J connectivity index is 1.06. The number of amides is 1. The molecular weight excluding hydrogens is 645 g/mol. The number of carbonyl (C=O) groups is 2. The minimum absolute atomic E-state index is 0.00864. The van der Waals surface area contributed by atoms with Gasteiger partial charge in [-0.2, -0.15) is 0 Å². The molecule has 9 nitrogen and oxygen atoms in total. The molecule has 2 aromatic heterocycles. The van der Waals surface area contributed by atoms with Gasteiger partial charge in [-0.1, -0.05) is 24.3 Å². The number of halogens is 1. The lowest BCUT2D eigenvalue weighted by molar-refractivity contribution is -0.137. The van der Waals surface area contributed by atoms with Crippen LogP contribution in [0, 0.1) is 12.7 Å². The molecule has 1 saturated heterocycles. The van der Waals surface area contributed by atoms with Gasteiger partial charge in [0.2, 0.25) is 5.78 Å². The first-order valence-corrected chi connectivity index (χ1v) is 17.0. The molecule has 0 aliphatic carbocycles. The molecule has 6 rings (SSSR count). The molecule has 0 spiro atoms. The summed E-state index contributed by atoms with van der Waals surface area (Å²) in [7, 11) is 1.58. The summed E-state index contributed by atoms with van der Waals surface area (Å²) in [6.45, 7) is 7.17. The van der Waals surface area contributed by atoms with Gasteiger partial charge in [0, 0.05) is 49.7 Å². The van der Waals surface area contributed by atoms with Crippen LogP contribution in [0.2, 0.25) is 0 Å². The van der Waals surface area contributed by atoms with Crippen molar-refractivity contribution in [1.29, 1.82) is 0 Å². The zero-order valence-corrected chi connectivity index (χ0v) is 28.3. The van der Waals surface area contributed by atoms with Crippen molar-refractivity contribution in [2.75, 3.05) is 53.1 Å². The molecule has 1 N–H and O–H groups in total. The highest BCUT2D eigenvalue weighted by molar-refractivity contribution is 7.22. The maximum absolute atomic E-state index is 15.2. The summed E-state index contributed by atoms with van der Waals surface area (Å²) in [5, 5.41) is 2.64. The first-order valence-electron chi connectivity index (χ1n) is 16.2. The van der Waals surface area contributed by atoms with Crippen LogP contribution in [0.25, 0.3) is 20.7 Å². The average Bonchev–Trinajstić information content (AvgIpc) is 3.56. The Kier molecular flexibility index (Phi) is 11.1. The fourth-order valence-electron chi connectivity index (χ4n) is 5.65. The number of nitrogens with one attached hydrogen (secondary N) is 1. The number of methoxy groups -OCH3 is 1. The number of rotatable bonds is 14. The molecule has 3 aromatic carbocycles. The number of nitrogens with zero attached hydrogens (tertiary/aromatic N) is 2. The second-order valence-corrected chi connectivity index (χ2v) is 12.8. The number of carbonyl (C=O) groups excluding carboxylic acids is 2. The van der Waals surface area contributed by atoms with E-state index >= 15 is 4.39 Å². The summed E-state index contributed by atoms with van der Waals surface area (Å²) in [6, 6.07) is 21.6. The van der Waals surface area contributed by atoms with E-state index in [1.807, 2.05) is 49.4 Å². The summed E-state index contributed by atoms with van der Waals surface area (Å²) in [5.74, 6) is 0.0402. The fourth-order valence-corrected chi connectivity index (χ4v) is 6.71. The number of benzene rings is 3. The molecule has 0 radical (unpaired) electrons. The highest BCUT2D eigenvalue weighted by Crippen LogP contribution is 2.40. The standard InChI is InChI=1S/C38H38FN3O6S/c1-25-21-28(8-10-32(25)47-20-17-42-15-18-46-19-16-42)36-24-30-37(49-36)35(12-14-40-30)48-34-9-7-26(22-29(34)39)23-31(43)38(44)41-13-11-27-5-3-4-6-33(27)45-2/h3-10,12,14,21-22,24H,11,13,15-20,23H2,1-2H3,(H,41,44). The molecule has 49 heavy (non-hydrogen) atoms. The third kappa shape index (κ3) is 8.61. The average molecular weight is 684 g/mol. The van der Waals surface area contributed by atoms with Crippen molar-refractivity contribution in [3.05, 3.63) is 102 Å². The van der Waals surface area contributed by atoms with Crippen LogP contribution >= 0.6 is 11.3 Å². The quantitative estimate of drug-likeness (QED) is 0.135. The van der Waals surface area contributed by atoms with Crippen LogP contribution < -0.4 is 19.5 Å². The number of morpholine rings is 1. The molecule has 0 saturated carbocycles. The van der Waals surface area contributed by atoms with E-state index < -0.39 is 17.5 Å². The normalized spacial score (nSPS) is 13.3. The zero-order chi connectivity index (χ0) is 34.2. The van der Waals surface area contributed by atoms with E-state index in [0.717, 1.165) is 76.1 Å². The van der Waals surface area contributed by atoms with Gasteiger partial charge in [-0.3, -0.25) is 19.5 Å². The minimum atomic E-state index is -0.718. The van der Waals surface area contributed by atoms with Crippen LogP contribution in [0.5, 0.6) is 23.0 Å². The third-order valence-electron chi connectivity index (χ3n) is 8.31. The maximum atomic E-state index is 15.2. The van der Waals surface area contributed by atoms with Crippen molar-refractivity contribution < 1.29 is 32.9 Å². The molecule has 11 heteroatoms. The van der Waals surface area contributed by atoms with Crippen molar-refractivity contribution in [2.45, 2.75) is 19.8 Å². The van der Waals surface area contributed by atoms with E-state index in [0.29, 0.717) is 24.3 Å². The fraction of sp³-hybridized carbons (Fsp3) is 0.289. The largest absolute Gasteiger partial charge is 0.496 e. The van der Waals surface area contributed by atoms with Crippen molar-refractivity contribution in [3.63, 3.8) is 0 Å². The zero-order valence-electron chi connectivity index (χ0n) is 27.5. The van der Waals surface area contributed by atoms with Gasteiger partial charge in [0.1, 0.15) is 23.9 Å². The van der Waals surface area contributed by atoms with Crippen LogP contribution in [0.3, 0.4) is 0 Å². The van der Waals surface area contributed by atoms with Crippen molar-refractivity contribution in [1.82, 2.24) is 15.2 Å². The molecule has 3 heterocycles. The number of aromatic nitrogens is 1. The van der Waals surface area contributed by atoms with E-state index in [4.69, 9.17) is 18.9 Å². The Bertz CT molecular complexity index is 1940. The number of ether oxygens (including phenoxy) is 4. The molecule has 1 fully saturated rings. The number of aryl methyl sites for hydroxylation is 1. The van der Waals surface area contributed by atoms with Crippen LogP contribution in [-0.4, -0.2) is 74.7 Å². The van der Waals surface area contributed by atoms with Crippen molar-refractivity contribution >= 4 is 33.2 Å². The molecule has 0 atom stereocenters. The number of para-hydroxylation sites is 1. The van der Waals surface area contributed by atoms with E-state index in [9.17, 15) is 9.59 Å². The summed E-state index contributed by atoms with van der Waals surface area (Å²) < 4.78 is 38.8. The number of Topliss-reactive ketones (excluding diaryl/α,β-unsaturated/α-hetero) is 1. The van der Waals surface area contributed by atoms with E-state index in [1.165, 1.54) is 23.5 Å². The summed E-state index contributed by atoms with van der Waals surface area (Å²) >= 11 is 1.51. The Morgan fingerprint density at radius 3 is 2.59 bits per heavy atom. The molecule has 1 aliphatic rings. The number of pyridine rings is 1. The minimum Gasteiger partial charge on any atom is -0.496 e. The molecule has 1 aliphatic heterocycles. The molecule has 5 aromatic rings. The summed E-state index contributed by atoms with van der Waals surface area (Å²) in [5.41, 5.74) is 4.09. The van der Waals surface area contributed by atoms with Gasteiger partial charge in [0.05, 0.1) is 30.5 Å². The summed E-state index contributed by atoms with van der Waals surface area (Å²) in [4.78, 5) is 32.8. The number of ketones is 1. The van der Waals surface area contributed by atoms with E-state index in [2.05, 4.69) is 21.3 Å². The first-order chi connectivity index (χ1) is 23.9. The van der Waals surface area contributed by atoms with E-state index in [1.54, 1.807) is 25.4 Å². The number of hydrogen-bond donors (Lipinski definition) is 1. The van der Waals surface area contributed by atoms with Gasteiger partial charge in [0.25, 0.3) is 5.91 Å². The number of fused-ring (bicyclic) bond motifs is 1. The van der Waals surface area contributed by atoms with Gasteiger partial charge in [-0.05, 0) is 78.1 Å². The maximum Gasteiger partial charge on any atom is 0.287 e. The first kappa shape index (κ1) is 34.0. The second kappa shape index (κ2) is 16.0. The molecular formula is C38H38FN3O6S. The molecule has 254 valence electrons. The Morgan fingerprint density at radius 2 is 1.80 bits per heavy atom. The summed E-state index contributed by atoms with van der Waals surface area (Å²) in [6.07, 6.45) is 1.90. The molecule has 0 bridgehead atoms. The Morgan fingerprint density at radius 1 is 0.980 bits per heavy atom. The number of thiophene rings is 1. The highest BCUT2D eigenvalue weighted by Gasteiger charge is 2.18. The van der Waals surface area contributed by atoms with Gasteiger partial charge < -0.3 is 24.3 Å². The highest BCUT2D eigenvalue weighted by atomic mass is 32.1. The van der Waals surface area contributed by atoms with Gasteiger partial charge >= 0.3 is 0 Å². The topological polar surface area (TPSA) is 99.2 Å². The smallest absolute Gasteiger partial charge is 0.287 e. The molecule has 1 amide bonds. The predicted octanol–water partition coefficient (Wildman–Crippen LogP) is 6.39. The van der Waals surface area contributed by atoms with Gasteiger partial charge in [-0.25, -0.2) is 4.39 Å². The Labute approximate surface area is 288 Å². The lowest BCUT2D eigenvalue weighted by Gasteiger charge is -2.26. The van der Waals surface area contributed by atoms with Crippen LogP contribution in [0.1, 0.15) is 16.7 Å². The number of hydrogen-bond acceptors (Lipinski definition) is 9. The Hall–Kier alpha value is -4.84. The second-order valence-electron chi connectivity index (χ2n) is 11.7. The van der Waals surface area contributed by atoms with Crippen LogP contribution in [-0.2, 0) is 27.2 Å². The SMILES string of the molecule is COc1ccccc1CCNC(=O)C(=O)Cc1ccc(Oc2ccnc3cc(-c4ccc(OCCN5CCOCC5)c(C)c4)sc23)c(F)c1. The lowest BCUT2D eigenvalue weighted by atomic mass is 10.1. The van der Waals surface area contributed by atoms with Gasteiger partial charge in [-0.15, -0.1) is 11.3 Å². The lowest BCUT2D eigenvalue weighted by Crippen LogP contribution is -2.38. The van der Waals surface area contributed by atoms with Crippen molar-refractivity contribution in [3.8, 4) is 33.4 Å². The molecule has 0 unspecified atom stereocenters.